The minimum Gasteiger partial charge on any atom is -0.272 e. The molecule has 0 N–H and O–H groups in total. The van der Waals surface area contributed by atoms with E-state index in [9.17, 15) is 0 Å². The van der Waals surface area contributed by atoms with Gasteiger partial charge in [0.25, 0.3) is 0 Å². The van der Waals surface area contributed by atoms with Gasteiger partial charge in [-0.05, 0) is 53.2 Å². The summed E-state index contributed by atoms with van der Waals surface area (Å²) in [4.78, 5) is 0. The molecule has 0 fully saturated rings. The van der Waals surface area contributed by atoms with Crippen LogP contribution in [-0.2, 0) is 0 Å². The smallest absolute Gasteiger partial charge is 0.0719 e. The van der Waals surface area contributed by atoms with Gasteiger partial charge in [0, 0.05) is 5.30 Å². The van der Waals surface area contributed by atoms with Gasteiger partial charge in [0.05, 0.1) is 8.22 Å². The molecule has 0 atom stereocenters. The molecule has 0 unspecified atom stereocenters. The van der Waals surface area contributed by atoms with Crippen LogP contribution in [0.15, 0.2) is 18.2 Å². The van der Waals surface area contributed by atoms with Crippen molar-refractivity contribution in [3.05, 3.63) is 29.3 Å². The lowest BCUT2D eigenvalue weighted by Gasteiger charge is -2.32. The molecule has 0 amide bonds. The molecule has 84 valence electrons. The Balaban J connectivity index is 3.22. The molecule has 0 heterocycles. The summed E-state index contributed by atoms with van der Waals surface area (Å²) in [5, 5.41) is 1.49. The monoisotopic (exact) mass is 224 g/mol. The van der Waals surface area contributed by atoms with Crippen molar-refractivity contribution in [2.75, 3.05) is 28.2 Å². The predicted molar refractivity (Wildman–Crippen MR) is 69.8 cm³/mol. The van der Waals surface area contributed by atoms with Crippen LogP contribution in [0.2, 0.25) is 0 Å². The Labute approximate surface area is 94.8 Å². The minimum atomic E-state index is -0.349. The predicted octanol–water partition coefficient (Wildman–Crippen LogP) is 2.36. The first-order valence-electron chi connectivity index (χ1n) is 5.16. The SMILES string of the molecule is Cc1cccc(C)c1P(N(C)C)N(C)C. The average molecular weight is 224 g/mol. The lowest BCUT2D eigenvalue weighted by atomic mass is 10.2. The van der Waals surface area contributed by atoms with Crippen molar-refractivity contribution in [1.82, 2.24) is 9.34 Å². The van der Waals surface area contributed by atoms with E-state index in [1.807, 2.05) is 0 Å². The summed E-state index contributed by atoms with van der Waals surface area (Å²) in [7, 11) is 8.25. The van der Waals surface area contributed by atoms with E-state index in [4.69, 9.17) is 0 Å². The number of aryl methyl sites for hydroxylation is 2. The zero-order valence-corrected chi connectivity index (χ0v) is 11.5. The van der Waals surface area contributed by atoms with Gasteiger partial charge >= 0.3 is 0 Å². The van der Waals surface area contributed by atoms with Crippen LogP contribution in [-0.4, -0.2) is 37.5 Å². The number of hydrogen-bond donors (Lipinski definition) is 0. The van der Waals surface area contributed by atoms with Gasteiger partial charge in [-0.1, -0.05) is 18.2 Å². The fraction of sp³-hybridized carbons (Fsp3) is 0.500. The van der Waals surface area contributed by atoms with Crippen LogP contribution in [0.25, 0.3) is 0 Å². The van der Waals surface area contributed by atoms with Crippen molar-refractivity contribution in [2.45, 2.75) is 13.8 Å². The molecule has 2 nitrogen and oxygen atoms in total. The summed E-state index contributed by atoms with van der Waals surface area (Å²) >= 11 is 0. The van der Waals surface area contributed by atoms with E-state index in [0.717, 1.165) is 0 Å². The first-order chi connectivity index (χ1) is 6.95. The Morgan fingerprint density at radius 1 is 0.867 bits per heavy atom. The Kier molecular flexibility index (Phi) is 4.27. The fourth-order valence-electron chi connectivity index (χ4n) is 1.88. The maximum Gasteiger partial charge on any atom is 0.0719 e. The first-order valence-corrected chi connectivity index (χ1v) is 6.40. The highest BCUT2D eigenvalue weighted by Crippen LogP contribution is 2.40. The van der Waals surface area contributed by atoms with Gasteiger partial charge in [-0.15, -0.1) is 0 Å². The normalized spacial score (nSPS) is 11.8. The number of hydrogen-bond acceptors (Lipinski definition) is 2. The van der Waals surface area contributed by atoms with Gasteiger partial charge in [-0.2, -0.15) is 0 Å². The molecule has 15 heavy (non-hydrogen) atoms. The Bertz CT molecular complexity index is 306. The highest BCUT2D eigenvalue weighted by molar-refractivity contribution is 7.61. The Morgan fingerprint density at radius 2 is 1.27 bits per heavy atom. The van der Waals surface area contributed by atoms with Gasteiger partial charge in [0.1, 0.15) is 0 Å². The van der Waals surface area contributed by atoms with Crippen molar-refractivity contribution >= 4 is 13.5 Å². The zero-order chi connectivity index (χ0) is 11.6. The molecule has 0 aliphatic heterocycles. The van der Waals surface area contributed by atoms with Gasteiger partial charge in [-0.3, -0.25) is 9.34 Å². The molecule has 1 aromatic carbocycles. The average Bonchev–Trinajstić information content (AvgIpc) is 2.09. The van der Waals surface area contributed by atoms with E-state index in [1.54, 1.807) is 0 Å². The largest absolute Gasteiger partial charge is 0.272 e. The maximum atomic E-state index is 2.31. The second kappa shape index (κ2) is 5.07. The number of nitrogens with zero attached hydrogens (tertiary/aromatic N) is 2. The van der Waals surface area contributed by atoms with Gasteiger partial charge in [0.2, 0.25) is 0 Å². The lowest BCUT2D eigenvalue weighted by molar-refractivity contribution is 0.584. The second-order valence-electron chi connectivity index (χ2n) is 4.22. The Hall–Kier alpha value is -0.430. The van der Waals surface area contributed by atoms with Crippen molar-refractivity contribution in [1.29, 1.82) is 0 Å². The van der Waals surface area contributed by atoms with Crippen molar-refractivity contribution < 1.29 is 0 Å². The molecule has 0 radical (unpaired) electrons. The van der Waals surface area contributed by atoms with E-state index in [-0.39, 0.29) is 8.22 Å². The third-order valence-corrected chi connectivity index (χ3v) is 5.02. The lowest BCUT2D eigenvalue weighted by Crippen LogP contribution is -2.27. The van der Waals surface area contributed by atoms with Crippen molar-refractivity contribution in [2.24, 2.45) is 0 Å². The summed E-state index contributed by atoms with van der Waals surface area (Å²) < 4.78 is 4.62. The molecule has 0 aliphatic rings. The summed E-state index contributed by atoms with van der Waals surface area (Å²) in [5.41, 5.74) is 2.78. The van der Waals surface area contributed by atoms with E-state index in [1.165, 1.54) is 16.4 Å². The van der Waals surface area contributed by atoms with Gasteiger partial charge in [0.15, 0.2) is 0 Å². The van der Waals surface area contributed by atoms with Crippen LogP contribution in [0.3, 0.4) is 0 Å². The van der Waals surface area contributed by atoms with Crippen LogP contribution in [0.4, 0.5) is 0 Å². The maximum absolute atomic E-state index is 2.31. The fourth-order valence-corrected chi connectivity index (χ4v) is 4.17. The van der Waals surface area contributed by atoms with E-state index in [2.05, 4.69) is 69.6 Å². The van der Waals surface area contributed by atoms with Crippen molar-refractivity contribution in [3.63, 3.8) is 0 Å². The molecule has 0 saturated heterocycles. The molecule has 3 heteroatoms. The third kappa shape index (κ3) is 2.78. The highest BCUT2D eigenvalue weighted by Gasteiger charge is 2.20. The minimum absolute atomic E-state index is 0.349. The summed E-state index contributed by atoms with van der Waals surface area (Å²) in [6, 6.07) is 6.53. The number of benzene rings is 1. The van der Waals surface area contributed by atoms with Gasteiger partial charge < -0.3 is 0 Å². The van der Waals surface area contributed by atoms with Crippen LogP contribution < -0.4 is 5.30 Å². The van der Waals surface area contributed by atoms with E-state index in [0.29, 0.717) is 0 Å². The molecule has 0 aromatic heterocycles. The molecule has 1 aromatic rings. The zero-order valence-electron chi connectivity index (χ0n) is 10.6. The molecule has 0 bridgehead atoms. The second-order valence-corrected chi connectivity index (χ2v) is 6.85. The summed E-state index contributed by atoms with van der Waals surface area (Å²) in [6.45, 7) is 4.40. The summed E-state index contributed by atoms with van der Waals surface area (Å²) in [6.07, 6.45) is 0. The molecule has 1 rings (SSSR count). The molecule has 0 spiro atoms. The van der Waals surface area contributed by atoms with Crippen molar-refractivity contribution in [3.8, 4) is 0 Å². The van der Waals surface area contributed by atoms with E-state index < -0.39 is 0 Å². The van der Waals surface area contributed by atoms with Crippen LogP contribution in [0.5, 0.6) is 0 Å². The van der Waals surface area contributed by atoms with Crippen LogP contribution in [0, 0.1) is 13.8 Å². The van der Waals surface area contributed by atoms with Gasteiger partial charge in [-0.25, -0.2) is 0 Å². The quantitative estimate of drug-likeness (QED) is 0.727. The topological polar surface area (TPSA) is 6.48 Å². The highest BCUT2D eigenvalue weighted by atomic mass is 31.1. The summed E-state index contributed by atoms with van der Waals surface area (Å²) in [5.74, 6) is 0. The Morgan fingerprint density at radius 3 is 1.60 bits per heavy atom. The molecular weight excluding hydrogens is 203 g/mol. The molecular formula is C12H21N2P. The molecule has 0 aliphatic carbocycles. The van der Waals surface area contributed by atoms with Crippen LogP contribution >= 0.6 is 8.22 Å². The first kappa shape index (κ1) is 12.6. The standard InChI is InChI=1S/C12H21N2P/c1-10-8-7-9-11(2)12(10)15(13(3)4)14(5)6/h7-9H,1-6H3. The van der Waals surface area contributed by atoms with Crippen LogP contribution in [0.1, 0.15) is 11.1 Å². The third-order valence-electron chi connectivity index (χ3n) is 2.40. The number of rotatable bonds is 3. The van der Waals surface area contributed by atoms with E-state index >= 15 is 0 Å². The molecule has 0 saturated carbocycles.